The second kappa shape index (κ2) is 14.0. The number of anilines is 1. The van der Waals surface area contributed by atoms with Crippen molar-refractivity contribution in [2.75, 3.05) is 18.0 Å². The van der Waals surface area contributed by atoms with Crippen LogP contribution in [0.25, 0.3) is 0 Å². The Balaban J connectivity index is 2.04. The van der Waals surface area contributed by atoms with E-state index < -0.39 is 28.5 Å². The van der Waals surface area contributed by atoms with Gasteiger partial charge in [0.15, 0.2) is 0 Å². The van der Waals surface area contributed by atoms with Crippen LogP contribution in [0, 0.1) is 6.92 Å². The molecule has 3 rings (SSSR count). The van der Waals surface area contributed by atoms with Crippen LogP contribution < -0.4 is 14.4 Å². The molecule has 8 nitrogen and oxygen atoms in total. The van der Waals surface area contributed by atoms with E-state index in [1.165, 1.54) is 24.1 Å². The fourth-order valence-electron chi connectivity index (χ4n) is 4.26. The Labute approximate surface area is 238 Å². The topological polar surface area (TPSA) is 96.0 Å². The van der Waals surface area contributed by atoms with Gasteiger partial charge in [-0.25, -0.2) is 8.42 Å². The highest BCUT2D eigenvalue weighted by Gasteiger charge is 2.34. The summed E-state index contributed by atoms with van der Waals surface area (Å²) in [5.74, 6) is -0.193. The molecule has 0 radical (unpaired) electrons. The Morgan fingerprint density at radius 1 is 0.900 bits per heavy atom. The lowest BCUT2D eigenvalue weighted by atomic mass is 10.1. The number of carbonyl (C=O) groups excluding carboxylic acids is 2. The molecule has 0 spiro atoms. The van der Waals surface area contributed by atoms with Gasteiger partial charge in [-0.3, -0.25) is 13.9 Å². The molecule has 1 N–H and O–H groups in total. The summed E-state index contributed by atoms with van der Waals surface area (Å²) in [4.78, 5) is 28.9. The summed E-state index contributed by atoms with van der Waals surface area (Å²) in [6.45, 7) is 7.28. The second-order valence-electron chi connectivity index (χ2n) is 9.77. The lowest BCUT2D eigenvalue weighted by Gasteiger charge is -2.33. The highest BCUT2D eigenvalue weighted by atomic mass is 32.2. The minimum absolute atomic E-state index is 0.0621. The first-order valence-electron chi connectivity index (χ1n) is 13.5. The predicted molar refractivity (Wildman–Crippen MR) is 158 cm³/mol. The predicted octanol–water partition coefficient (Wildman–Crippen LogP) is 4.92. The number of benzene rings is 3. The third-order valence-electron chi connectivity index (χ3n) is 6.83. The number of ether oxygens (including phenoxy) is 1. The maximum absolute atomic E-state index is 14.1. The molecule has 0 aromatic heterocycles. The van der Waals surface area contributed by atoms with Crippen LogP contribution in [0.5, 0.6) is 5.75 Å². The van der Waals surface area contributed by atoms with Crippen LogP contribution in [0.1, 0.15) is 44.7 Å². The number of hydrogen-bond acceptors (Lipinski definition) is 5. The number of aryl methyl sites for hydroxylation is 1. The van der Waals surface area contributed by atoms with Gasteiger partial charge in [0.25, 0.3) is 10.0 Å². The minimum atomic E-state index is -4.12. The molecule has 0 bridgehead atoms. The van der Waals surface area contributed by atoms with Crippen LogP contribution in [0.3, 0.4) is 0 Å². The number of hydrogen-bond donors (Lipinski definition) is 1. The molecule has 0 fully saturated rings. The summed E-state index contributed by atoms with van der Waals surface area (Å²) in [5, 5.41) is 2.98. The minimum Gasteiger partial charge on any atom is -0.497 e. The van der Waals surface area contributed by atoms with Gasteiger partial charge in [0.1, 0.15) is 18.3 Å². The summed E-state index contributed by atoms with van der Waals surface area (Å²) in [6, 6.07) is 21.5. The lowest BCUT2D eigenvalue weighted by molar-refractivity contribution is -0.140. The van der Waals surface area contributed by atoms with Crippen molar-refractivity contribution in [3.05, 3.63) is 90.0 Å². The number of amides is 2. The van der Waals surface area contributed by atoms with Gasteiger partial charge in [0.05, 0.1) is 17.7 Å². The Hall–Kier alpha value is -3.85. The van der Waals surface area contributed by atoms with E-state index in [1.807, 2.05) is 58.0 Å². The van der Waals surface area contributed by atoms with E-state index >= 15 is 0 Å². The number of carbonyl (C=O) groups is 2. The molecule has 0 saturated heterocycles. The normalized spacial score (nSPS) is 12.7. The van der Waals surface area contributed by atoms with Gasteiger partial charge < -0.3 is 15.0 Å². The van der Waals surface area contributed by atoms with Gasteiger partial charge in [-0.15, -0.1) is 0 Å². The fourth-order valence-corrected chi connectivity index (χ4v) is 5.67. The third-order valence-corrected chi connectivity index (χ3v) is 8.62. The van der Waals surface area contributed by atoms with Crippen molar-refractivity contribution in [3.63, 3.8) is 0 Å². The average Bonchev–Trinajstić information content (AvgIpc) is 2.96. The molecule has 0 unspecified atom stereocenters. The first-order chi connectivity index (χ1) is 19.1. The highest BCUT2D eigenvalue weighted by Crippen LogP contribution is 2.27. The molecule has 3 aromatic carbocycles. The Morgan fingerprint density at radius 2 is 1.52 bits per heavy atom. The molecule has 0 aliphatic carbocycles. The molecular formula is C31H39N3O5S. The Morgan fingerprint density at radius 3 is 2.08 bits per heavy atom. The number of nitrogens with zero attached hydrogens (tertiary/aromatic N) is 2. The SMILES string of the molecule is CC[C@H](C(=O)N[C@@H](C)CC)N(Cc1ccccc1)C(=O)CN(c1ccc(OC)cc1)S(=O)(=O)c1ccc(C)cc1. The van der Waals surface area contributed by atoms with Gasteiger partial charge in [-0.1, -0.05) is 61.9 Å². The van der Waals surface area contributed by atoms with Crippen molar-refractivity contribution in [2.45, 2.75) is 64.1 Å². The van der Waals surface area contributed by atoms with E-state index in [2.05, 4.69) is 5.32 Å². The zero-order valence-corrected chi connectivity index (χ0v) is 24.6. The van der Waals surface area contributed by atoms with Crippen molar-refractivity contribution in [2.24, 2.45) is 0 Å². The zero-order valence-electron chi connectivity index (χ0n) is 23.8. The van der Waals surface area contributed by atoms with Crippen molar-refractivity contribution in [1.29, 1.82) is 0 Å². The van der Waals surface area contributed by atoms with E-state index in [9.17, 15) is 18.0 Å². The number of methoxy groups -OCH3 is 1. The molecule has 0 aliphatic rings. The molecule has 3 aromatic rings. The summed E-state index contributed by atoms with van der Waals surface area (Å²) >= 11 is 0. The highest BCUT2D eigenvalue weighted by molar-refractivity contribution is 7.92. The molecule has 0 heterocycles. The summed E-state index contributed by atoms with van der Waals surface area (Å²) in [5.41, 5.74) is 2.06. The third kappa shape index (κ3) is 7.63. The smallest absolute Gasteiger partial charge is 0.264 e. The van der Waals surface area contributed by atoms with Crippen LogP contribution in [0.15, 0.2) is 83.8 Å². The first kappa shape index (κ1) is 30.7. The van der Waals surface area contributed by atoms with Gasteiger partial charge in [-0.2, -0.15) is 0 Å². The van der Waals surface area contributed by atoms with E-state index in [1.54, 1.807) is 36.4 Å². The maximum atomic E-state index is 14.1. The molecule has 2 amide bonds. The first-order valence-corrected chi connectivity index (χ1v) is 14.9. The standard InChI is InChI=1S/C31H39N3O5S/c1-6-24(4)32-31(36)29(7-2)33(21-25-11-9-8-10-12-25)30(35)22-34(26-15-17-27(39-5)18-16-26)40(37,38)28-19-13-23(3)14-20-28/h8-20,24,29H,6-7,21-22H2,1-5H3,(H,32,36)/t24-,29+/m0/s1. The number of rotatable bonds is 13. The lowest BCUT2D eigenvalue weighted by Crippen LogP contribution is -2.53. The van der Waals surface area contributed by atoms with Crippen molar-refractivity contribution < 1.29 is 22.7 Å². The zero-order chi connectivity index (χ0) is 29.3. The molecule has 214 valence electrons. The molecule has 40 heavy (non-hydrogen) atoms. The van der Waals surface area contributed by atoms with Gasteiger partial charge in [0, 0.05) is 12.6 Å². The van der Waals surface area contributed by atoms with Crippen LogP contribution in [0.4, 0.5) is 5.69 Å². The summed E-state index contributed by atoms with van der Waals surface area (Å²) in [6.07, 6.45) is 1.11. The number of sulfonamides is 1. The van der Waals surface area contributed by atoms with Gasteiger partial charge in [0.2, 0.25) is 11.8 Å². The van der Waals surface area contributed by atoms with Crippen LogP contribution in [-0.2, 0) is 26.2 Å². The van der Waals surface area contributed by atoms with Crippen molar-refractivity contribution >= 4 is 27.5 Å². The van der Waals surface area contributed by atoms with Crippen LogP contribution in [0.2, 0.25) is 0 Å². The van der Waals surface area contributed by atoms with Gasteiger partial charge >= 0.3 is 0 Å². The Bertz CT molecular complexity index is 1360. The largest absolute Gasteiger partial charge is 0.497 e. The average molecular weight is 566 g/mol. The molecule has 2 atom stereocenters. The van der Waals surface area contributed by atoms with Crippen molar-refractivity contribution in [1.82, 2.24) is 10.2 Å². The molecule has 0 aliphatic heterocycles. The van der Waals surface area contributed by atoms with Crippen molar-refractivity contribution in [3.8, 4) is 5.75 Å². The van der Waals surface area contributed by atoms with Gasteiger partial charge in [-0.05, 0) is 68.7 Å². The van der Waals surface area contributed by atoms with E-state index in [-0.39, 0.29) is 23.4 Å². The summed E-state index contributed by atoms with van der Waals surface area (Å²) < 4.78 is 34.2. The number of nitrogens with one attached hydrogen (secondary N) is 1. The molecule has 9 heteroatoms. The Kier molecular flexibility index (Phi) is 10.7. The van der Waals surface area contributed by atoms with Crippen LogP contribution >= 0.6 is 0 Å². The second-order valence-corrected chi connectivity index (χ2v) is 11.6. The molecular weight excluding hydrogens is 526 g/mol. The molecule has 0 saturated carbocycles. The van der Waals surface area contributed by atoms with E-state index in [4.69, 9.17) is 4.74 Å². The van der Waals surface area contributed by atoms with E-state index in [0.717, 1.165) is 21.9 Å². The van der Waals surface area contributed by atoms with Crippen LogP contribution in [-0.4, -0.2) is 50.9 Å². The monoisotopic (exact) mass is 565 g/mol. The quantitative estimate of drug-likeness (QED) is 0.317. The van der Waals surface area contributed by atoms with E-state index in [0.29, 0.717) is 17.9 Å². The fraction of sp³-hybridized carbons (Fsp3) is 0.355. The summed E-state index contributed by atoms with van der Waals surface area (Å²) in [7, 11) is -2.60. The maximum Gasteiger partial charge on any atom is 0.264 e.